The average molecular weight is 330 g/mol. The third-order valence-electron chi connectivity index (χ3n) is 4.37. The van der Waals surface area contributed by atoms with Crippen molar-refractivity contribution >= 4 is 11.7 Å². The SMILES string of the molecule is CCn1ccnc(N2CCCC(n3ccc(C(=O)NC)n3)C2)c1=O. The molecule has 3 heterocycles. The fourth-order valence-electron chi connectivity index (χ4n) is 3.06. The molecule has 0 spiro atoms. The normalized spacial score (nSPS) is 17.8. The van der Waals surface area contributed by atoms with Crippen molar-refractivity contribution in [3.8, 4) is 0 Å². The van der Waals surface area contributed by atoms with Crippen molar-refractivity contribution in [3.63, 3.8) is 0 Å². The van der Waals surface area contributed by atoms with E-state index < -0.39 is 0 Å². The molecule has 1 saturated heterocycles. The Morgan fingerprint density at radius 2 is 2.25 bits per heavy atom. The van der Waals surface area contributed by atoms with Gasteiger partial charge < -0.3 is 14.8 Å². The number of hydrogen-bond acceptors (Lipinski definition) is 5. The van der Waals surface area contributed by atoms with Crippen LogP contribution in [-0.4, -0.2) is 45.4 Å². The zero-order valence-corrected chi connectivity index (χ0v) is 14.0. The van der Waals surface area contributed by atoms with Gasteiger partial charge in [0, 0.05) is 45.3 Å². The number of aryl methyl sites for hydroxylation is 1. The lowest BCUT2D eigenvalue weighted by atomic mass is 10.1. The molecule has 24 heavy (non-hydrogen) atoms. The third-order valence-corrected chi connectivity index (χ3v) is 4.37. The number of anilines is 1. The van der Waals surface area contributed by atoms with Crippen molar-refractivity contribution in [1.82, 2.24) is 24.6 Å². The van der Waals surface area contributed by atoms with E-state index in [4.69, 9.17) is 0 Å². The van der Waals surface area contributed by atoms with Crippen molar-refractivity contribution in [2.45, 2.75) is 32.4 Å². The van der Waals surface area contributed by atoms with Gasteiger partial charge in [-0.05, 0) is 25.8 Å². The zero-order valence-electron chi connectivity index (χ0n) is 14.0. The first-order valence-electron chi connectivity index (χ1n) is 8.21. The Morgan fingerprint density at radius 3 is 3.00 bits per heavy atom. The van der Waals surface area contributed by atoms with Gasteiger partial charge in [0.2, 0.25) is 0 Å². The van der Waals surface area contributed by atoms with Crippen LogP contribution in [0.15, 0.2) is 29.5 Å². The first kappa shape index (κ1) is 16.2. The van der Waals surface area contributed by atoms with Crippen LogP contribution in [0.4, 0.5) is 5.82 Å². The van der Waals surface area contributed by atoms with E-state index in [2.05, 4.69) is 15.4 Å². The van der Waals surface area contributed by atoms with E-state index in [1.807, 2.05) is 22.7 Å². The molecule has 1 aliphatic rings. The maximum Gasteiger partial charge on any atom is 0.293 e. The molecule has 2 aromatic heterocycles. The molecule has 0 bridgehead atoms. The first-order chi connectivity index (χ1) is 11.6. The molecule has 1 unspecified atom stereocenters. The number of nitrogens with one attached hydrogen (secondary N) is 1. The summed E-state index contributed by atoms with van der Waals surface area (Å²) < 4.78 is 3.47. The number of rotatable bonds is 4. The van der Waals surface area contributed by atoms with Crippen molar-refractivity contribution in [2.75, 3.05) is 25.0 Å². The quantitative estimate of drug-likeness (QED) is 0.890. The van der Waals surface area contributed by atoms with Gasteiger partial charge in [-0.1, -0.05) is 0 Å². The van der Waals surface area contributed by atoms with E-state index in [1.165, 1.54) is 0 Å². The van der Waals surface area contributed by atoms with Crippen LogP contribution in [0, 0.1) is 0 Å². The van der Waals surface area contributed by atoms with Crippen LogP contribution in [0.5, 0.6) is 0 Å². The molecule has 0 aromatic carbocycles. The van der Waals surface area contributed by atoms with Gasteiger partial charge in [-0.15, -0.1) is 0 Å². The molecule has 8 nitrogen and oxygen atoms in total. The number of aromatic nitrogens is 4. The van der Waals surface area contributed by atoms with Gasteiger partial charge in [-0.2, -0.15) is 5.10 Å². The van der Waals surface area contributed by atoms with E-state index in [-0.39, 0.29) is 17.5 Å². The first-order valence-corrected chi connectivity index (χ1v) is 8.21. The molecule has 1 aliphatic heterocycles. The Balaban J connectivity index is 1.81. The average Bonchev–Trinajstić information content (AvgIpc) is 3.11. The Bertz CT molecular complexity index is 781. The molecule has 3 rings (SSSR count). The van der Waals surface area contributed by atoms with Crippen molar-refractivity contribution < 1.29 is 4.79 Å². The lowest BCUT2D eigenvalue weighted by Crippen LogP contribution is -2.41. The van der Waals surface area contributed by atoms with Crippen LogP contribution in [0.1, 0.15) is 36.3 Å². The highest BCUT2D eigenvalue weighted by Crippen LogP contribution is 2.23. The smallest absolute Gasteiger partial charge is 0.293 e. The van der Waals surface area contributed by atoms with Crippen LogP contribution in [-0.2, 0) is 6.54 Å². The maximum atomic E-state index is 12.5. The van der Waals surface area contributed by atoms with Crippen molar-refractivity contribution in [1.29, 1.82) is 0 Å². The van der Waals surface area contributed by atoms with Crippen molar-refractivity contribution in [3.05, 3.63) is 40.7 Å². The lowest BCUT2D eigenvalue weighted by Gasteiger charge is -2.33. The van der Waals surface area contributed by atoms with Gasteiger partial charge in [-0.3, -0.25) is 14.3 Å². The van der Waals surface area contributed by atoms with Crippen LogP contribution >= 0.6 is 0 Å². The number of nitrogens with zero attached hydrogens (tertiary/aromatic N) is 5. The molecule has 0 aliphatic carbocycles. The van der Waals surface area contributed by atoms with Gasteiger partial charge >= 0.3 is 0 Å². The summed E-state index contributed by atoms with van der Waals surface area (Å²) in [5, 5.41) is 6.94. The molecular formula is C16H22N6O2. The van der Waals surface area contributed by atoms with E-state index in [1.54, 1.807) is 30.1 Å². The number of hydrogen-bond donors (Lipinski definition) is 1. The third kappa shape index (κ3) is 3.04. The van der Waals surface area contributed by atoms with E-state index >= 15 is 0 Å². The molecular weight excluding hydrogens is 308 g/mol. The van der Waals surface area contributed by atoms with Gasteiger partial charge in [0.25, 0.3) is 11.5 Å². The lowest BCUT2D eigenvalue weighted by molar-refractivity contribution is 0.0957. The summed E-state index contributed by atoms with van der Waals surface area (Å²) in [7, 11) is 1.59. The van der Waals surface area contributed by atoms with Gasteiger partial charge in [0.1, 0.15) is 5.69 Å². The number of amides is 1. The number of carbonyl (C=O) groups is 1. The zero-order chi connectivity index (χ0) is 17.1. The molecule has 0 radical (unpaired) electrons. The second-order valence-corrected chi connectivity index (χ2v) is 5.84. The summed E-state index contributed by atoms with van der Waals surface area (Å²) in [4.78, 5) is 30.4. The summed E-state index contributed by atoms with van der Waals surface area (Å²) in [5.74, 6) is 0.291. The van der Waals surface area contributed by atoms with Gasteiger partial charge in [0.15, 0.2) is 5.82 Å². The minimum absolute atomic E-state index is 0.0628. The molecule has 1 amide bonds. The van der Waals surface area contributed by atoms with E-state index in [0.717, 1.165) is 19.4 Å². The summed E-state index contributed by atoms with van der Waals surface area (Å²) in [6.07, 6.45) is 7.10. The van der Waals surface area contributed by atoms with E-state index in [0.29, 0.717) is 24.6 Å². The van der Waals surface area contributed by atoms with Crippen LogP contribution in [0.25, 0.3) is 0 Å². The Hall–Kier alpha value is -2.64. The summed E-state index contributed by atoms with van der Waals surface area (Å²) >= 11 is 0. The Labute approximate surface area is 140 Å². The predicted octanol–water partition coefficient (Wildman–Crippen LogP) is 0.661. The minimum atomic E-state index is -0.197. The Kier molecular flexibility index (Phi) is 4.64. The molecule has 8 heteroatoms. The molecule has 128 valence electrons. The fraction of sp³-hybridized carbons (Fsp3) is 0.500. The minimum Gasteiger partial charge on any atom is -0.354 e. The molecule has 1 atom stereocenters. The predicted molar refractivity (Wildman–Crippen MR) is 90.3 cm³/mol. The van der Waals surface area contributed by atoms with Gasteiger partial charge in [0.05, 0.1) is 6.04 Å². The molecule has 0 saturated carbocycles. The number of piperidine rings is 1. The molecule has 1 fully saturated rings. The highest BCUT2D eigenvalue weighted by Gasteiger charge is 2.25. The highest BCUT2D eigenvalue weighted by molar-refractivity contribution is 5.91. The standard InChI is InChI=1S/C16H22N6O2/c1-3-20-10-7-18-14(16(20)24)21-8-4-5-12(11-21)22-9-6-13(19-22)15(23)17-2/h6-7,9-10,12H,3-5,8,11H2,1-2H3,(H,17,23). The van der Waals surface area contributed by atoms with Crippen molar-refractivity contribution in [2.24, 2.45) is 0 Å². The van der Waals surface area contributed by atoms with Crippen LogP contribution < -0.4 is 15.8 Å². The topological polar surface area (TPSA) is 85.1 Å². The monoisotopic (exact) mass is 330 g/mol. The maximum absolute atomic E-state index is 12.5. The largest absolute Gasteiger partial charge is 0.354 e. The molecule has 2 aromatic rings. The van der Waals surface area contributed by atoms with Gasteiger partial charge in [-0.25, -0.2) is 4.98 Å². The summed E-state index contributed by atoms with van der Waals surface area (Å²) in [6, 6.07) is 1.83. The second-order valence-electron chi connectivity index (χ2n) is 5.84. The summed E-state index contributed by atoms with van der Waals surface area (Å²) in [5.41, 5.74) is 0.341. The summed E-state index contributed by atoms with van der Waals surface area (Å²) in [6.45, 7) is 4.02. The highest BCUT2D eigenvalue weighted by atomic mass is 16.2. The number of carbonyl (C=O) groups excluding carboxylic acids is 1. The van der Waals surface area contributed by atoms with Crippen LogP contribution in [0.3, 0.4) is 0 Å². The molecule has 1 N–H and O–H groups in total. The fourth-order valence-corrected chi connectivity index (χ4v) is 3.06. The van der Waals surface area contributed by atoms with E-state index in [9.17, 15) is 9.59 Å². The van der Waals surface area contributed by atoms with Crippen LogP contribution in [0.2, 0.25) is 0 Å². The second kappa shape index (κ2) is 6.86. The Morgan fingerprint density at radius 1 is 1.42 bits per heavy atom.